The van der Waals surface area contributed by atoms with Crippen molar-refractivity contribution in [1.29, 1.82) is 0 Å². The molecule has 0 radical (unpaired) electrons. The number of aromatic hydroxyl groups is 3. The Balaban J connectivity index is 1.95. The van der Waals surface area contributed by atoms with Gasteiger partial charge in [-0.05, 0) is 65.9 Å². The van der Waals surface area contributed by atoms with Crippen LogP contribution in [0.1, 0.15) is 65.4 Å². The maximum Gasteiger partial charge on any atom is 0.161 e. The van der Waals surface area contributed by atoms with E-state index in [4.69, 9.17) is 0 Å². The van der Waals surface area contributed by atoms with Gasteiger partial charge in [-0.1, -0.05) is 40.5 Å². The molecule has 3 heteroatoms. The maximum absolute atomic E-state index is 10.2. The smallest absolute Gasteiger partial charge is 0.161 e. The highest BCUT2D eigenvalue weighted by atomic mass is 16.3. The molecule has 0 aromatic heterocycles. The van der Waals surface area contributed by atoms with E-state index in [1.807, 2.05) is 0 Å². The van der Waals surface area contributed by atoms with E-state index in [-0.39, 0.29) is 22.7 Å². The Morgan fingerprint density at radius 1 is 0.958 bits per heavy atom. The summed E-state index contributed by atoms with van der Waals surface area (Å²) in [4.78, 5) is 0. The lowest BCUT2D eigenvalue weighted by Crippen LogP contribution is -2.51. The minimum absolute atomic E-state index is 0.0956. The first-order valence-corrected chi connectivity index (χ1v) is 9.39. The van der Waals surface area contributed by atoms with Crippen LogP contribution in [0.15, 0.2) is 12.1 Å². The van der Waals surface area contributed by atoms with E-state index in [0.717, 1.165) is 12.0 Å². The van der Waals surface area contributed by atoms with Gasteiger partial charge in [-0.25, -0.2) is 0 Å². The number of benzene rings is 1. The summed E-state index contributed by atoms with van der Waals surface area (Å²) in [6.07, 6.45) is 7.13. The van der Waals surface area contributed by atoms with Gasteiger partial charge in [0.2, 0.25) is 0 Å². The molecule has 0 heterocycles. The quantitative estimate of drug-likeness (QED) is 0.513. The van der Waals surface area contributed by atoms with Crippen LogP contribution in [0, 0.1) is 28.6 Å². The molecule has 2 aliphatic rings. The zero-order chi connectivity index (χ0) is 17.7. The monoisotopic (exact) mass is 332 g/mol. The maximum atomic E-state index is 10.2. The van der Waals surface area contributed by atoms with Gasteiger partial charge in [0.05, 0.1) is 0 Å². The normalized spacial score (nSPS) is 35.4. The molecule has 1 unspecified atom stereocenters. The van der Waals surface area contributed by atoms with E-state index in [2.05, 4.69) is 27.7 Å². The molecule has 134 valence electrons. The van der Waals surface area contributed by atoms with E-state index in [9.17, 15) is 15.3 Å². The molecule has 0 amide bonds. The molecule has 3 N–H and O–H groups in total. The van der Waals surface area contributed by atoms with E-state index in [1.54, 1.807) is 6.07 Å². The molecule has 3 nitrogen and oxygen atoms in total. The minimum Gasteiger partial charge on any atom is -0.508 e. The zero-order valence-electron chi connectivity index (χ0n) is 15.5. The van der Waals surface area contributed by atoms with E-state index in [0.29, 0.717) is 23.2 Å². The first kappa shape index (κ1) is 17.4. The van der Waals surface area contributed by atoms with Crippen molar-refractivity contribution >= 4 is 0 Å². The fourth-order valence-electron chi connectivity index (χ4n) is 6.05. The third-order valence-electron chi connectivity index (χ3n) is 7.34. The Morgan fingerprint density at radius 3 is 2.33 bits per heavy atom. The molecule has 0 spiro atoms. The minimum atomic E-state index is -0.254. The van der Waals surface area contributed by atoms with Gasteiger partial charge >= 0.3 is 0 Å². The van der Waals surface area contributed by atoms with E-state index in [1.165, 1.54) is 38.2 Å². The van der Waals surface area contributed by atoms with Crippen LogP contribution in [0.25, 0.3) is 0 Å². The van der Waals surface area contributed by atoms with Crippen LogP contribution < -0.4 is 0 Å². The summed E-state index contributed by atoms with van der Waals surface area (Å²) in [5.74, 6) is 1.51. The van der Waals surface area contributed by atoms with Crippen LogP contribution >= 0.6 is 0 Å². The first-order valence-electron chi connectivity index (χ1n) is 9.39. The molecule has 0 saturated heterocycles. The van der Waals surface area contributed by atoms with Gasteiger partial charge in [0.15, 0.2) is 11.5 Å². The summed E-state index contributed by atoms with van der Waals surface area (Å²) in [7, 11) is 0. The van der Waals surface area contributed by atoms with Crippen LogP contribution in [0.5, 0.6) is 17.2 Å². The third-order valence-corrected chi connectivity index (χ3v) is 7.34. The van der Waals surface area contributed by atoms with Crippen molar-refractivity contribution in [2.45, 2.75) is 66.2 Å². The van der Waals surface area contributed by atoms with Gasteiger partial charge in [0.25, 0.3) is 0 Å². The number of hydrogen-bond acceptors (Lipinski definition) is 3. The summed E-state index contributed by atoms with van der Waals surface area (Å²) in [5.41, 5.74) is 1.41. The summed E-state index contributed by atoms with van der Waals surface area (Å²) >= 11 is 0. The van der Waals surface area contributed by atoms with Gasteiger partial charge in [0, 0.05) is 6.07 Å². The van der Waals surface area contributed by atoms with Crippen LogP contribution in [-0.4, -0.2) is 15.3 Å². The lowest BCUT2D eigenvalue weighted by molar-refractivity contribution is -0.0931. The molecule has 0 aliphatic heterocycles. The fraction of sp³-hybridized carbons (Fsp3) is 0.714. The lowest BCUT2D eigenvalue weighted by atomic mass is 9.46. The molecular weight excluding hydrogens is 300 g/mol. The molecule has 1 aromatic rings. The summed E-state index contributed by atoms with van der Waals surface area (Å²) < 4.78 is 0. The van der Waals surface area contributed by atoms with Crippen LogP contribution in [0.4, 0.5) is 0 Å². The van der Waals surface area contributed by atoms with Crippen molar-refractivity contribution in [3.05, 3.63) is 17.7 Å². The van der Waals surface area contributed by atoms with Crippen molar-refractivity contribution in [3.63, 3.8) is 0 Å². The highest BCUT2D eigenvalue weighted by Gasteiger charge is 2.53. The van der Waals surface area contributed by atoms with Crippen LogP contribution in [0.3, 0.4) is 0 Å². The topological polar surface area (TPSA) is 60.7 Å². The highest BCUT2D eigenvalue weighted by molar-refractivity contribution is 5.48. The lowest BCUT2D eigenvalue weighted by Gasteiger charge is -2.59. The van der Waals surface area contributed by atoms with Gasteiger partial charge in [0.1, 0.15) is 5.75 Å². The van der Waals surface area contributed by atoms with Crippen LogP contribution in [0.2, 0.25) is 0 Å². The first-order chi connectivity index (χ1) is 11.1. The molecule has 24 heavy (non-hydrogen) atoms. The molecular formula is C21H32O3. The third kappa shape index (κ3) is 2.76. The second kappa shape index (κ2) is 5.86. The molecule has 0 bridgehead atoms. The summed E-state index contributed by atoms with van der Waals surface area (Å²) in [6, 6.07) is 2.81. The molecule has 2 saturated carbocycles. The predicted octanol–water partition coefficient (Wildman–Crippen LogP) is 5.22. The second-order valence-electron chi connectivity index (χ2n) is 9.24. The van der Waals surface area contributed by atoms with Gasteiger partial charge in [-0.3, -0.25) is 0 Å². The largest absolute Gasteiger partial charge is 0.508 e. The van der Waals surface area contributed by atoms with Gasteiger partial charge in [-0.2, -0.15) is 0 Å². The highest BCUT2D eigenvalue weighted by Crippen LogP contribution is 2.61. The number of fused-ring (bicyclic) bond motifs is 1. The van der Waals surface area contributed by atoms with E-state index >= 15 is 0 Å². The molecule has 4 atom stereocenters. The number of phenols is 3. The van der Waals surface area contributed by atoms with Crippen molar-refractivity contribution in [2.24, 2.45) is 28.6 Å². The Bertz CT molecular complexity index is 622. The Kier molecular flexibility index (Phi) is 4.26. The zero-order valence-corrected chi connectivity index (χ0v) is 15.5. The number of rotatable bonds is 2. The molecule has 3 rings (SSSR count). The number of phenolic OH excluding ortho intramolecular Hbond substituents is 3. The molecule has 2 fully saturated rings. The Labute approximate surface area is 145 Å². The average molecular weight is 332 g/mol. The standard InChI is InChI=1S/C21H32O3/c1-13-6-7-19-20(2,3)8-5-9-21(19,4)15(13)10-14-11-17(23)18(24)12-16(14)22/h11-13,15,19,22-24H,5-10H2,1-4H3/t13?,15-,19-,21+/m0/s1. The van der Waals surface area contributed by atoms with Crippen molar-refractivity contribution in [1.82, 2.24) is 0 Å². The van der Waals surface area contributed by atoms with Crippen molar-refractivity contribution in [3.8, 4) is 17.2 Å². The van der Waals surface area contributed by atoms with Crippen LogP contribution in [-0.2, 0) is 6.42 Å². The molecule has 2 aliphatic carbocycles. The SMILES string of the molecule is CC1CC[C@H]2C(C)(C)CCC[C@]2(C)[C@H]1Cc1cc(O)c(O)cc1O. The Hall–Kier alpha value is -1.38. The van der Waals surface area contributed by atoms with Crippen molar-refractivity contribution in [2.75, 3.05) is 0 Å². The van der Waals surface area contributed by atoms with Crippen molar-refractivity contribution < 1.29 is 15.3 Å². The number of hydrogen-bond donors (Lipinski definition) is 3. The van der Waals surface area contributed by atoms with Gasteiger partial charge < -0.3 is 15.3 Å². The second-order valence-corrected chi connectivity index (χ2v) is 9.24. The summed E-state index contributed by atoms with van der Waals surface area (Å²) in [5, 5.41) is 29.7. The fourth-order valence-corrected chi connectivity index (χ4v) is 6.05. The predicted molar refractivity (Wildman–Crippen MR) is 96.3 cm³/mol. The van der Waals surface area contributed by atoms with E-state index < -0.39 is 0 Å². The summed E-state index contributed by atoms with van der Waals surface area (Å²) in [6.45, 7) is 9.64. The Morgan fingerprint density at radius 2 is 1.62 bits per heavy atom. The average Bonchev–Trinajstić information content (AvgIpc) is 2.47. The molecule has 1 aromatic carbocycles. The van der Waals surface area contributed by atoms with Gasteiger partial charge in [-0.15, -0.1) is 0 Å².